The van der Waals surface area contributed by atoms with Crippen LogP contribution < -0.4 is 26.8 Å². The van der Waals surface area contributed by atoms with Gasteiger partial charge in [0.05, 0.1) is 32.8 Å². The van der Waals surface area contributed by atoms with Crippen LogP contribution in [0.1, 0.15) is 16.8 Å². The monoisotopic (exact) mass is 526 g/mol. The van der Waals surface area contributed by atoms with E-state index in [0.29, 0.717) is 30.3 Å². The van der Waals surface area contributed by atoms with Crippen LogP contribution in [0.25, 0.3) is 0 Å². The number of carbonyl (C=O) groups excluding carboxylic acids is 3. The van der Waals surface area contributed by atoms with Crippen molar-refractivity contribution in [1.29, 1.82) is 0 Å². The Balaban J connectivity index is 1.32. The lowest BCUT2D eigenvalue weighted by Gasteiger charge is -2.24. The third-order valence-corrected chi connectivity index (χ3v) is 5.89. The van der Waals surface area contributed by atoms with E-state index in [1.54, 1.807) is 24.3 Å². The maximum absolute atomic E-state index is 13.1. The highest BCUT2D eigenvalue weighted by molar-refractivity contribution is 5.97. The number of nitrogens with one attached hydrogen (secondary N) is 2. The smallest absolute Gasteiger partial charge is 0.251 e. The molecule has 4 rings (SSSR count). The van der Waals surface area contributed by atoms with Crippen molar-refractivity contribution in [3.8, 4) is 11.5 Å². The van der Waals surface area contributed by atoms with E-state index in [1.807, 2.05) is 30.3 Å². The van der Waals surface area contributed by atoms with Crippen molar-refractivity contribution < 1.29 is 33.4 Å². The minimum atomic E-state index is -1.05. The minimum Gasteiger partial charge on any atom is -0.457 e. The minimum absolute atomic E-state index is 0.0354. The number of nitrogens with two attached hydrogens (primary N) is 2. The summed E-state index contributed by atoms with van der Waals surface area (Å²) >= 11 is 0. The van der Waals surface area contributed by atoms with Crippen LogP contribution in [0.5, 0.6) is 11.5 Å². The fourth-order valence-electron chi connectivity index (χ4n) is 4.16. The van der Waals surface area contributed by atoms with Crippen LogP contribution in [-0.4, -0.2) is 79.9 Å². The van der Waals surface area contributed by atoms with Crippen molar-refractivity contribution in [3.05, 3.63) is 60.2 Å². The van der Waals surface area contributed by atoms with Crippen LogP contribution in [0.3, 0.4) is 0 Å². The first kappa shape index (κ1) is 26.7. The molecule has 2 aliphatic heterocycles. The molecule has 13 nitrogen and oxygen atoms in total. The van der Waals surface area contributed by atoms with Crippen molar-refractivity contribution in [2.75, 3.05) is 39.5 Å². The van der Waals surface area contributed by atoms with Gasteiger partial charge in [-0.25, -0.2) is 0 Å². The van der Waals surface area contributed by atoms with Gasteiger partial charge in [-0.1, -0.05) is 18.2 Å². The standard InChI is InChI=1S/C25H30N6O7/c26-24(27)30-37-11-10-28-23(34)20-14-25(35-12-13-36-25)16-31(20)21(32)15-29-22(33)17-6-8-19(9-7-17)38-18-4-2-1-3-5-18/h1-9,20H,10-16H2,(H,28,34)(H,29,33)(H4,26,27,30)/t20-/m0/s1. The summed E-state index contributed by atoms with van der Waals surface area (Å²) in [6.45, 7) is 0.633. The molecule has 2 aromatic rings. The van der Waals surface area contributed by atoms with E-state index in [0.717, 1.165) is 0 Å². The Kier molecular flexibility index (Phi) is 8.61. The number of guanidine groups is 1. The van der Waals surface area contributed by atoms with Crippen molar-refractivity contribution >= 4 is 23.7 Å². The van der Waals surface area contributed by atoms with Gasteiger partial charge in [-0.3, -0.25) is 14.4 Å². The second-order valence-corrected chi connectivity index (χ2v) is 8.61. The molecule has 6 N–H and O–H groups in total. The maximum atomic E-state index is 13.1. The molecule has 202 valence electrons. The molecule has 2 aromatic carbocycles. The van der Waals surface area contributed by atoms with Gasteiger partial charge in [-0.15, -0.1) is 0 Å². The number of nitrogens with zero attached hydrogens (tertiary/aromatic N) is 2. The number of amides is 3. The number of hydrogen-bond acceptors (Lipinski definition) is 8. The Hall–Kier alpha value is -4.36. The summed E-state index contributed by atoms with van der Waals surface area (Å²) in [4.78, 5) is 44.8. The Labute approximate surface area is 219 Å². The van der Waals surface area contributed by atoms with Gasteiger partial charge in [0.15, 0.2) is 5.79 Å². The molecule has 0 aliphatic carbocycles. The van der Waals surface area contributed by atoms with E-state index >= 15 is 0 Å². The average molecular weight is 527 g/mol. The number of ether oxygens (including phenoxy) is 3. The quantitative estimate of drug-likeness (QED) is 0.142. The molecular formula is C25H30N6O7. The molecule has 0 bridgehead atoms. The molecule has 2 saturated heterocycles. The lowest BCUT2D eigenvalue weighted by atomic mass is 10.1. The fourth-order valence-corrected chi connectivity index (χ4v) is 4.16. The first-order valence-corrected chi connectivity index (χ1v) is 12.0. The average Bonchev–Trinajstić information content (AvgIpc) is 3.54. The number of carbonyl (C=O) groups is 3. The first-order chi connectivity index (χ1) is 18.3. The molecule has 3 amide bonds. The van der Waals surface area contributed by atoms with Crippen LogP contribution in [0, 0.1) is 0 Å². The van der Waals surface area contributed by atoms with E-state index < -0.39 is 29.6 Å². The zero-order chi connectivity index (χ0) is 27.0. The van der Waals surface area contributed by atoms with E-state index in [4.69, 9.17) is 30.5 Å². The largest absolute Gasteiger partial charge is 0.457 e. The van der Waals surface area contributed by atoms with Gasteiger partial charge in [0, 0.05) is 12.0 Å². The van der Waals surface area contributed by atoms with E-state index in [2.05, 4.69) is 15.8 Å². The highest BCUT2D eigenvalue weighted by Crippen LogP contribution is 2.34. The zero-order valence-corrected chi connectivity index (χ0v) is 20.6. The number of oxime groups is 1. The van der Waals surface area contributed by atoms with E-state index in [-0.39, 0.29) is 38.6 Å². The molecule has 2 heterocycles. The van der Waals surface area contributed by atoms with Gasteiger partial charge in [0.1, 0.15) is 24.1 Å². The van der Waals surface area contributed by atoms with Crippen molar-refractivity contribution in [2.24, 2.45) is 16.6 Å². The lowest BCUT2D eigenvalue weighted by molar-refractivity contribution is -0.152. The summed E-state index contributed by atoms with van der Waals surface area (Å²) < 4.78 is 17.2. The lowest BCUT2D eigenvalue weighted by Crippen LogP contribution is -2.49. The Bertz CT molecular complexity index is 1150. The van der Waals surface area contributed by atoms with Crippen LogP contribution in [-0.2, 0) is 23.9 Å². The van der Waals surface area contributed by atoms with Gasteiger partial charge < -0.3 is 46.0 Å². The third kappa shape index (κ3) is 6.89. The summed E-state index contributed by atoms with van der Waals surface area (Å²) in [5, 5.41) is 8.67. The maximum Gasteiger partial charge on any atom is 0.251 e. The van der Waals surface area contributed by atoms with E-state index in [9.17, 15) is 14.4 Å². The molecule has 1 atom stereocenters. The number of benzene rings is 2. The summed E-state index contributed by atoms with van der Waals surface area (Å²) in [7, 11) is 0. The SMILES string of the molecule is NC(N)=NOCCNC(=O)[C@@H]1CC2(CN1C(=O)CNC(=O)c1ccc(Oc3ccccc3)cc1)OCCO2. The number of rotatable bonds is 10. The van der Waals surface area contributed by atoms with Crippen LogP contribution >= 0.6 is 0 Å². The van der Waals surface area contributed by atoms with Gasteiger partial charge >= 0.3 is 0 Å². The molecule has 0 radical (unpaired) electrons. The second kappa shape index (κ2) is 12.3. The molecule has 13 heteroatoms. The van der Waals surface area contributed by atoms with Gasteiger partial charge in [-0.05, 0) is 41.6 Å². The van der Waals surface area contributed by atoms with Gasteiger partial charge in [0.2, 0.25) is 17.8 Å². The normalized spacial score (nSPS) is 17.6. The Morgan fingerprint density at radius 2 is 1.68 bits per heavy atom. The summed E-state index contributed by atoms with van der Waals surface area (Å²) in [6.07, 6.45) is 0.163. The second-order valence-electron chi connectivity index (χ2n) is 8.61. The number of likely N-dealkylation sites (tertiary alicyclic amines) is 1. The number of hydrogen-bond donors (Lipinski definition) is 4. The van der Waals surface area contributed by atoms with Crippen LogP contribution in [0.2, 0.25) is 0 Å². The van der Waals surface area contributed by atoms with Crippen molar-refractivity contribution in [1.82, 2.24) is 15.5 Å². The van der Waals surface area contributed by atoms with Crippen LogP contribution in [0.15, 0.2) is 59.8 Å². The molecule has 0 aromatic heterocycles. The predicted molar refractivity (Wildman–Crippen MR) is 135 cm³/mol. The Morgan fingerprint density at radius 1 is 1.00 bits per heavy atom. The molecule has 2 aliphatic rings. The van der Waals surface area contributed by atoms with Crippen molar-refractivity contribution in [3.63, 3.8) is 0 Å². The fraction of sp³-hybridized carbons (Fsp3) is 0.360. The topological polar surface area (TPSA) is 180 Å². The summed E-state index contributed by atoms with van der Waals surface area (Å²) in [5.74, 6) is -1.35. The molecule has 0 unspecified atom stereocenters. The van der Waals surface area contributed by atoms with Gasteiger partial charge in [-0.2, -0.15) is 0 Å². The number of para-hydroxylation sites is 1. The molecule has 38 heavy (non-hydrogen) atoms. The first-order valence-electron chi connectivity index (χ1n) is 12.0. The highest BCUT2D eigenvalue weighted by Gasteiger charge is 2.52. The predicted octanol–water partition coefficient (Wildman–Crippen LogP) is -0.126. The summed E-state index contributed by atoms with van der Waals surface area (Å²) in [5.41, 5.74) is 10.7. The molecular weight excluding hydrogens is 496 g/mol. The van der Waals surface area contributed by atoms with Crippen molar-refractivity contribution in [2.45, 2.75) is 18.2 Å². The van der Waals surface area contributed by atoms with Crippen LogP contribution in [0.4, 0.5) is 0 Å². The molecule has 0 saturated carbocycles. The van der Waals surface area contributed by atoms with E-state index in [1.165, 1.54) is 4.90 Å². The molecule has 1 spiro atoms. The third-order valence-electron chi connectivity index (χ3n) is 5.89. The zero-order valence-electron chi connectivity index (χ0n) is 20.6. The summed E-state index contributed by atoms with van der Waals surface area (Å²) in [6, 6.07) is 14.9. The molecule has 2 fully saturated rings. The highest BCUT2D eigenvalue weighted by atomic mass is 16.7. The Morgan fingerprint density at radius 3 is 2.37 bits per heavy atom. The van der Waals surface area contributed by atoms with Gasteiger partial charge in [0.25, 0.3) is 5.91 Å².